The maximum Gasteiger partial charge on any atom is 0.193 e. The molecular formula is C20H34IN5. The number of guanidine groups is 1. The van der Waals surface area contributed by atoms with E-state index in [1.807, 2.05) is 0 Å². The van der Waals surface area contributed by atoms with Crippen molar-refractivity contribution in [3.8, 4) is 0 Å². The predicted octanol–water partition coefficient (Wildman–Crippen LogP) is 2.94. The fraction of sp³-hybridized carbons (Fsp3) is 0.650. The van der Waals surface area contributed by atoms with Crippen molar-refractivity contribution in [2.24, 2.45) is 10.7 Å². The van der Waals surface area contributed by atoms with Crippen molar-refractivity contribution in [3.05, 3.63) is 29.3 Å². The fourth-order valence-corrected chi connectivity index (χ4v) is 3.81. The lowest BCUT2D eigenvalue weighted by Gasteiger charge is -2.33. The van der Waals surface area contributed by atoms with Crippen LogP contribution in [-0.2, 0) is 12.8 Å². The van der Waals surface area contributed by atoms with Gasteiger partial charge in [-0.25, -0.2) is 0 Å². The second-order valence-corrected chi connectivity index (χ2v) is 7.21. The Bertz CT molecular complexity index is 582. The molecule has 3 rings (SSSR count). The number of rotatable bonds is 7. The molecule has 1 heterocycles. The van der Waals surface area contributed by atoms with Crippen LogP contribution in [0.3, 0.4) is 0 Å². The molecule has 3 N–H and O–H groups in total. The first-order chi connectivity index (χ1) is 12.2. The largest absolute Gasteiger partial charge is 0.370 e. The molecule has 0 radical (unpaired) electrons. The molecule has 1 aliphatic carbocycles. The molecule has 1 aliphatic heterocycles. The number of aryl methyl sites for hydroxylation is 2. The summed E-state index contributed by atoms with van der Waals surface area (Å²) in [6.45, 7) is 10.3. The lowest BCUT2D eigenvalue weighted by atomic mass is 10.1. The Balaban J connectivity index is 0.00000243. The summed E-state index contributed by atoms with van der Waals surface area (Å²) >= 11 is 0. The van der Waals surface area contributed by atoms with E-state index < -0.39 is 0 Å². The minimum absolute atomic E-state index is 0. The van der Waals surface area contributed by atoms with Gasteiger partial charge in [0, 0.05) is 38.4 Å². The Morgan fingerprint density at radius 1 is 1.08 bits per heavy atom. The highest BCUT2D eigenvalue weighted by molar-refractivity contribution is 14.0. The normalized spacial score (nSPS) is 18.4. The zero-order valence-electron chi connectivity index (χ0n) is 16.0. The predicted molar refractivity (Wildman–Crippen MR) is 122 cm³/mol. The summed E-state index contributed by atoms with van der Waals surface area (Å²) in [7, 11) is 0. The van der Waals surface area contributed by atoms with E-state index in [-0.39, 0.29) is 24.0 Å². The number of benzene rings is 1. The van der Waals surface area contributed by atoms with Crippen molar-refractivity contribution in [2.45, 2.75) is 39.0 Å². The number of fused-ring (bicyclic) bond motifs is 1. The minimum atomic E-state index is 0. The highest BCUT2D eigenvalue weighted by atomic mass is 127. The average Bonchev–Trinajstić information content (AvgIpc) is 3.09. The van der Waals surface area contributed by atoms with E-state index in [1.165, 1.54) is 76.1 Å². The number of likely N-dealkylation sites (N-methyl/N-ethyl adjacent to an activating group) is 1. The Labute approximate surface area is 175 Å². The van der Waals surface area contributed by atoms with E-state index in [4.69, 9.17) is 5.73 Å². The second-order valence-electron chi connectivity index (χ2n) is 7.21. The molecule has 26 heavy (non-hydrogen) atoms. The van der Waals surface area contributed by atoms with Gasteiger partial charge < -0.3 is 20.9 Å². The molecule has 2 aliphatic rings. The molecule has 146 valence electrons. The van der Waals surface area contributed by atoms with Crippen LogP contribution in [-0.4, -0.2) is 61.6 Å². The third-order valence-electron chi connectivity index (χ3n) is 5.45. The first-order valence-corrected chi connectivity index (χ1v) is 9.88. The Morgan fingerprint density at radius 3 is 2.58 bits per heavy atom. The highest BCUT2D eigenvalue weighted by Gasteiger charge is 2.14. The number of unbranched alkanes of at least 4 members (excludes halogenated alkanes) is 1. The van der Waals surface area contributed by atoms with Crippen LogP contribution in [0, 0.1) is 0 Å². The van der Waals surface area contributed by atoms with Crippen LogP contribution < -0.4 is 11.1 Å². The first kappa shape index (κ1) is 21.4. The summed E-state index contributed by atoms with van der Waals surface area (Å²) in [6.07, 6.45) is 5.97. The fourth-order valence-electron chi connectivity index (χ4n) is 3.81. The quantitative estimate of drug-likeness (QED) is 0.278. The van der Waals surface area contributed by atoms with E-state index in [2.05, 4.69) is 45.2 Å². The molecule has 6 heteroatoms. The molecule has 1 aromatic carbocycles. The van der Waals surface area contributed by atoms with Crippen LogP contribution in [0.15, 0.2) is 23.2 Å². The molecule has 1 aromatic rings. The van der Waals surface area contributed by atoms with Crippen LogP contribution in [0.4, 0.5) is 5.69 Å². The van der Waals surface area contributed by atoms with Crippen molar-refractivity contribution in [3.63, 3.8) is 0 Å². The van der Waals surface area contributed by atoms with Crippen molar-refractivity contribution in [2.75, 3.05) is 51.1 Å². The zero-order valence-corrected chi connectivity index (χ0v) is 18.4. The zero-order chi connectivity index (χ0) is 17.5. The molecule has 0 amide bonds. The molecule has 5 nitrogen and oxygen atoms in total. The minimum Gasteiger partial charge on any atom is -0.370 e. The summed E-state index contributed by atoms with van der Waals surface area (Å²) in [6, 6.07) is 6.55. The number of nitrogens with one attached hydrogen (secondary N) is 1. The summed E-state index contributed by atoms with van der Waals surface area (Å²) < 4.78 is 0. The molecule has 0 aromatic heterocycles. The van der Waals surface area contributed by atoms with E-state index in [1.54, 1.807) is 0 Å². The number of hydrogen-bond donors (Lipinski definition) is 2. The number of piperazine rings is 1. The van der Waals surface area contributed by atoms with Crippen molar-refractivity contribution in [1.82, 2.24) is 9.80 Å². The Morgan fingerprint density at radius 2 is 1.81 bits per heavy atom. The van der Waals surface area contributed by atoms with Gasteiger partial charge in [-0.3, -0.25) is 4.99 Å². The lowest BCUT2D eigenvalue weighted by molar-refractivity contribution is 0.136. The van der Waals surface area contributed by atoms with Crippen LogP contribution in [0.2, 0.25) is 0 Å². The number of anilines is 1. The van der Waals surface area contributed by atoms with Crippen LogP contribution in [0.25, 0.3) is 0 Å². The SMILES string of the molecule is CCN1CCN(CCCCN=C(N)Nc2ccc3c(c2)CCC3)CC1.I. The second kappa shape index (κ2) is 11.1. The van der Waals surface area contributed by atoms with Gasteiger partial charge in [0.25, 0.3) is 0 Å². The van der Waals surface area contributed by atoms with Crippen molar-refractivity contribution in [1.29, 1.82) is 0 Å². The van der Waals surface area contributed by atoms with Crippen molar-refractivity contribution >= 4 is 35.6 Å². The molecule has 0 atom stereocenters. The van der Waals surface area contributed by atoms with Crippen LogP contribution in [0.1, 0.15) is 37.3 Å². The van der Waals surface area contributed by atoms with Gasteiger partial charge in [-0.05, 0) is 68.5 Å². The van der Waals surface area contributed by atoms with E-state index in [0.29, 0.717) is 5.96 Å². The van der Waals surface area contributed by atoms with Gasteiger partial charge in [-0.15, -0.1) is 24.0 Å². The maximum absolute atomic E-state index is 6.03. The number of halogens is 1. The molecular weight excluding hydrogens is 437 g/mol. The van der Waals surface area contributed by atoms with Gasteiger partial charge in [0.15, 0.2) is 5.96 Å². The van der Waals surface area contributed by atoms with Crippen molar-refractivity contribution < 1.29 is 0 Å². The molecule has 0 bridgehead atoms. The first-order valence-electron chi connectivity index (χ1n) is 9.88. The number of nitrogens with two attached hydrogens (primary N) is 1. The molecule has 0 saturated carbocycles. The van der Waals surface area contributed by atoms with Crippen LogP contribution >= 0.6 is 24.0 Å². The standard InChI is InChI=1S/C20H33N5.HI/c1-2-24-12-14-25(15-13-24)11-4-3-10-22-20(21)23-19-9-8-17-6-5-7-18(17)16-19;/h8-9,16H,2-7,10-15H2,1H3,(H3,21,22,23);1H. The van der Waals surface area contributed by atoms with E-state index in [9.17, 15) is 0 Å². The average molecular weight is 471 g/mol. The summed E-state index contributed by atoms with van der Waals surface area (Å²) in [5.74, 6) is 0.537. The number of aliphatic imine (C=N–C) groups is 1. The molecule has 1 fully saturated rings. The highest BCUT2D eigenvalue weighted by Crippen LogP contribution is 2.24. The molecule has 0 spiro atoms. The van der Waals surface area contributed by atoms with Gasteiger partial charge in [0.2, 0.25) is 0 Å². The van der Waals surface area contributed by atoms with E-state index in [0.717, 1.165) is 18.7 Å². The topological polar surface area (TPSA) is 56.9 Å². The van der Waals surface area contributed by atoms with Gasteiger partial charge >= 0.3 is 0 Å². The third-order valence-corrected chi connectivity index (χ3v) is 5.45. The summed E-state index contributed by atoms with van der Waals surface area (Å²) in [5, 5.41) is 3.24. The number of hydrogen-bond acceptors (Lipinski definition) is 3. The smallest absolute Gasteiger partial charge is 0.193 e. The Hall–Kier alpha value is -0.860. The van der Waals surface area contributed by atoms with Gasteiger partial charge in [-0.2, -0.15) is 0 Å². The van der Waals surface area contributed by atoms with Crippen LogP contribution in [0.5, 0.6) is 0 Å². The van der Waals surface area contributed by atoms with E-state index >= 15 is 0 Å². The summed E-state index contributed by atoms with van der Waals surface area (Å²) in [4.78, 5) is 9.57. The maximum atomic E-state index is 6.03. The van der Waals surface area contributed by atoms with Gasteiger partial charge in [-0.1, -0.05) is 13.0 Å². The lowest BCUT2D eigenvalue weighted by Crippen LogP contribution is -2.46. The third kappa shape index (κ3) is 6.39. The number of nitrogens with zero attached hydrogens (tertiary/aromatic N) is 3. The summed E-state index contributed by atoms with van der Waals surface area (Å²) in [5.41, 5.74) is 10.0. The molecule has 0 unspecified atom stereocenters. The Kier molecular flexibility index (Phi) is 9.15. The molecule has 1 saturated heterocycles. The van der Waals surface area contributed by atoms with Gasteiger partial charge in [0.1, 0.15) is 0 Å². The monoisotopic (exact) mass is 471 g/mol. The van der Waals surface area contributed by atoms with Gasteiger partial charge in [0.05, 0.1) is 0 Å².